The average Bonchev–Trinajstić information content (AvgIpc) is 2.32. The summed E-state index contributed by atoms with van der Waals surface area (Å²) in [5.74, 6) is 0.148. The van der Waals surface area contributed by atoms with Gasteiger partial charge in [0.15, 0.2) is 0 Å². The molecule has 0 spiro atoms. The number of carbonyl (C=O) groups excluding carboxylic acids is 1. The first-order valence-electron chi connectivity index (χ1n) is 6.80. The van der Waals surface area contributed by atoms with Crippen LogP contribution in [-0.4, -0.2) is 50.1 Å². The van der Waals surface area contributed by atoms with Crippen molar-refractivity contribution in [3.8, 4) is 0 Å². The third-order valence-electron chi connectivity index (χ3n) is 3.02. The number of hydrogen-bond donors (Lipinski definition) is 2. The summed E-state index contributed by atoms with van der Waals surface area (Å²) in [6, 6.07) is 0.287. The van der Waals surface area contributed by atoms with Gasteiger partial charge in [-0.15, -0.1) is 24.8 Å². The second kappa shape index (κ2) is 16.0. The second-order valence-corrected chi connectivity index (χ2v) is 4.49. The second-order valence-electron chi connectivity index (χ2n) is 4.49. The van der Waals surface area contributed by atoms with Crippen LogP contribution in [0.4, 0.5) is 0 Å². The molecule has 1 atom stereocenters. The molecular formula is C13H31Cl2N3O. The van der Waals surface area contributed by atoms with Crippen molar-refractivity contribution in [2.45, 2.75) is 46.1 Å². The molecule has 0 bridgehead atoms. The van der Waals surface area contributed by atoms with Gasteiger partial charge in [0.2, 0.25) is 5.91 Å². The molecule has 0 fully saturated rings. The highest BCUT2D eigenvalue weighted by atomic mass is 35.5. The Kier molecular flexibility index (Phi) is 20.3. The number of hydrogen-bond acceptors (Lipinski definition) is 3. The average molecular weight is 316 g/mol. The lowest BCUT2D eigenvalue weighted by Gasteiger charge is -2.19. The summed E-state index contributed by atoms with van der Waals surface area (Å²) in [5.41, 5.74) is 0. The van der Waals surface area contributed by atoms with Crippen LogP contribution in [0.5, 0.6) is 0 Å². The van der Waals surface area contributed by atoms with Crippen LogP contribution in [0.1, 0.15) is 40.0 Å². The molecule has 0 aromatic rings. The predicted octanol–water partition coefficient (Wildman–Crippen LogP) is 2.07. The van der Waals surface area contributed by atoms with E-state index in [9.17, 15) is 4.79 Å². The minimum Gasteiger partial charge on any atom is -0.354 e. The van der Waals surface area contributed by atoms with Gasteiger partial charge in [0.1, 0.15) is 0 Å². The topological polar surface area (TPSA) is 44.4 Å². The van der Waals surface area contributed by atoms with Crippen LogP contribution < -0.4 is 10.6 Å². The normalized spacial score (nSPS) is 11.4. The van der Waals surface area contributed by atoms with Gasteiger partial charge in [-0.25, -0.2) is 0 Å². The molecule has 0 aliphatic carbocycles. The van der Waals surface area contributed by atoms with Crippen molar-refractivity contribution < 1.29 is 4.79 Å². The summed E-state index contributed by atoms with van der Waals surface area (Å²) in [6.45, 7) is 10.6. The minimum atomic E-state index is 0. The van der Waals surface area contributed by atoms with Crippen molar-refractivity contribution in [3.05, 3.63) is 0 Å². The fourth-order valence-electron chi connectivity index (χ4n) is 1.82. The highest BCUT2D eigenvalue weighted by Crippen LogP contribution is 1.99. The molecule has 4 nitrogen and oxygen atoms in total. The van der Waals surface area contributed by atoms with Crippen LogP contribution >= 0.6 is 24.8 Å². The van der Waals surface area contributed by atoms with Gasteiger partial charge in [-0.3, -0.25) is 4.79 Å². The molecule has 0 aromatic heterocycles. The van der Waals surface area contributed by atoms with Crippen molar-refractivity contribution in [1.82, 2.24) is 15.5 Å². The van der Waals surface area contributed by atoms with E-state index >= 15 is 0 Å². The van der Waals surface area contributed by atoms with E-state index in [1.54, 1.807) is 0 Å². The lowest BCUT2D eigenvalue weighted by molar-refractivity contribution is -0.121. The Bertz CT molecular complexity index is 202. The molecule has 118 valence electrons. The summed E-state index contributed by atoms with van der Waals surface area (Å²) >= 11 is 0. The van der Waals surface area contributed by atoms with E-state index in [4.69, 9.17) is 0 Å². The van der Waals surface area contributed by atoms with Crippen LogP contribution in [0.2, 0.25) is 0 Å². The van der Waals surface area contributed by atoms with Crippen LogP contribution in [0, 0.1) is 0 Å². The van der Waals surface area contributed by atoms with Gasteiger partial charge in [-0.1, -0.05) is 13.8 Å². The van der Waals surface area contributed by atoms with E-state index in [0.717, 1.165) is 39.0 Å². The van der Waals surface area contributed by atoms with Crippen LogP contribution in [0.3, 0.4) is 0 Å². The van der Waals surface area contributed by atoms with Gasteiger partial charge < -0.3 is 15.5 Å². The Morgan fingerprint density at radius 2 is 1.79 bits per heavy atom. The molecule has 0 heterocycles. The molecular weight excluding hydrogens is 285 g/mol. The number of nitrogens with one attached hydrogen (secondary N) is 2. The number of amides is 1. The van der Waals surface area contributed by atoms with Gasteiger partial charge in [-0.2, -0.15) is 0 Å². The van der Waals surface area contributed by atoms with Crippen molar-refractivity contribution in [2.75, 3.05) is 33.2 Å². The van der Waals surface area contributed by atoms with E-state index in [1.807, 2.05) is 7.05 Å². The SMILES string of the molecule is CCN(CC)CCCC(C)NC(=O)CCNC.Cl.Cl. The zero-order valence-corrected chi connectivity index (χ0v) is 14.3. The Balaban J connectivity index is -0.00000128. The van der Waals surface area contributed by atoms with Crippen molar-refractivity contribution in [3.63, 3.8) is 0 Å². The largest absolute Gasteiger partial charge is 0.354 e. The molecule has 0 aliphatic heterocycles. The third-order valence-corrected chi connectivity index (χ3v) is 3.02. The summed E-state index contributed by atoms with van der Waals surface area (Å²) < 4.78 is 0. The summed E-state index contributed by atoms with van der Waals surface area (Å²) in [4.78, 5) is 13.9. The van der Waals surface area contributed by atoms with Crippen LogP contribution in [0.15, 0.2) is 0 Å². The molecule has 2 N–H and O–H groups in total. The maximum Gasteiger partial charge on any atom is 0.221 e. The van der Waals surface area contributed by atoms with Gasteiger partial charge in [0, 0.05) is 19.0 Å². The Morgan fingerprint density at radius 1 is 1.21 bits per heavy atom. The van der Waals surface area contributed by atoms with Gasteiger partial charge in [0.25, 0.3) is 0 Å². The lowest BCUT2D eigenvalue weighted by Crippen LogP contribution is -2.34. The van der Waals surface area contributed by atoms with Crippen LogP contribution in [0.25, 0.3) is 0 Å². The van der Waals surface area contributed by atoms with Gasteiger partial charge in [0.05, 0.1) is 0 Å². The summed E-state index contributed by atoms with van der Waals surface area (Å²) in [7, 11) is 1.86. The monoisotopic (exact) mass is 315 g/mol. The maximum atomic E-state index is 11.5. The quantitative estimate of drug-likeness (QED) is 0.648. The fourth-order valence-corrected chi connectivity index (χ4v) is 1.82. The molecule has 0 aromatic carbocycles. The Hall–Kier alpha value is -0.0300. The Labute approximate surface area is 130 Å². The minimum absolute atomic E-state index is 0. The van der Waals surface area contributed by atoms with Gasteiger partial charge >= 0.3 is 0 Å². The lowest BCUT2D eigenvalue weighted by atomic mass is 10.1. The molecule has 0 aliphatic rings. The zero-order valence-electron chi connectivity index (χ0n) is 12.7. The molecule has 6 heteroatoms. The van der Waals surface area contributed by atoms with Gasteiger partial charge in [-0.05, 0) is 46.4 Å². The standard InChI is InChI=1S/C13H29N3O.2ClH/c1-5-16(6-2)11-7-8-12(3)15-13(17)9-10-14-4;;/h12,14H,5-11H2,1-4H3,(H,15,17);2*1H. The number of nitrogens with zero attached hydrogens (tertiary/aromatic N) is 1. The number of halogens is 2. The van der Waals surface area contributed by atoms with E-state index < -0.39 is 0 Å². The molecule has 0 radical (unpaired) electrons. The molecule has 1 unspecified atom stereocenters. The molecule has 0 saturated carbocycles. The Morgan fingerprint density at radius 3 is 2.26 bits per heavy atom. The highest BCUT2D eigenvalue weighted by molar-refractivity contribution is 5.85. The predicted molar refractivity (Wildman–Crippen MR) is 87.7 cm³/mol. The molecule has 0 rings (SSSR count). The zero-order chi connectivity index (χ0) is 13.1. The van der Waals surface area contributed by atoms with E-state index in [1.165, 1.54) is 0 Å². The molecule has 0 saturated heterocycles. The fraction of sp³-hybridized carbons (Fsp3) is 0.923. The van der Waals surface area contributed by atoms with Crippen LogP contribution in [-0.2, 0) is 4.79 Å². The van der Waals surface area contributed by atoms with E-state index in [0.29, 0.717) is 6.42 Å². The molecule has 19 heavy (non-hydrogen) atoms. The van der Waals surface area contributed by atoms with E-state index in [-0.39, 0.29) is 36.8 Å². The number of rotatable bonds is 10. The maximum absolute atomic E-state index is 11.5. The third kappa shape index (κ3) is 14.2. The summed E-state index contributed by atoms with van der Waals surface area (Å²) in [5, 5.41) is 6.00. The first kappa shape index (κ1) is 24.0. The number of carbonyl (C=O) groups is 1. The molecule has 1 amide bonds. The first-order valence-corrected chi connectivity index (χ1v) is 6.80. The van der Waals surface area contributed by atoms with Crippen molar-refractivity contribution >= 4 is 30.7 Å². The van der Waals surface area contributed by atoms with E-state index in [2.05, 4.69) is 36.3 Å². The summed E-state index contributed by atoms with van der Waals surface area (Å²) in [6.07, 6.45) is 2.77. The van der Waals surface area contributed by atoms with Crippen molar-refractivity contribution in [1.29, 1.82) is 0 Å². The first-order chi connectivity index (χ1) is 8.13. The smallest absolute Gasteiger partial charge is 0.221 e. The highest BCUT2D eigenvalue weighted by Gasteiger charge is 2.07. The van der Waals surface area contributed by atoms with Crippen molar-refractivity contribution in [2.24, 2.45) is 0 Å².